The molecule has 1 N–H and O–H groups in total. The smallest absolute Gasteiger partial charge is 0.176 e. The minimum atomic E-state index is -0.341. The van der Waals surface area contributed by atoms with Crippen molar-refractivity contribution in [2.24, 2.45) is 0 Å². The average Bonchev–Trinajstić information content (AvgIpc) is 2.39. The Bertz CT molecular complexity index is 382. The van der Waals surface area contributed by atoms with Gasteiger partial charge in [-0.3, -0.25) is 0 Å². The minimum Gasteiger partial charge on any atom is -0.351 e. The van der Waals surface area contributed by atoms with Crippen LogP contribution in [0, 0.1) is 0 Å². The normalized spacial score (nSPS) is 12.9. The van der Waals surface area contributed by atoms with E-state index in [2.05, 4.69) is 5.32 Å². The first kappa shape index (κ1) is 16.7. The summed E-state index contributed by atoms with van der Waals surface area (Å²) in [4.78, 5) is 0. The molecule has 1 aromatic rings. The number of halogens is 2. The maximum atomic E-state index is 6.08. The Morgan fingerprint density at radius 2 is 1.68 bits per heavy atom. The maximum Gasteiger partial charge on any atom is 0.176 e. The van der Waals surface area contributed by atoms with Gasteiger partial charge in [-0.25, -0.2) is 0 Å². The summed E-state index contributed by atoms with van der Waals surface area (Å²) < 4.78 is 11.3. The average molecular weight is 306 g/mol. The second-order valence-electron chi connectivity index (χ2n) is 3.99. The van der Waals surface area contributed by atoms with Gasteiger partial charge in [0.05, 0.1) is 16.1 Å². The van der Waals surface area contributed by atoms with Crippen molar-refractivity contribution in [1.29, 1.82) is 0 Å². The quantitative estimate of drug-likeness (QED) is 0.735. The first-order chi connectivity index (χ1) is 9.13. The standard InChI is InChI=1S/C14H21Cl2NO2/c1-4-17-13(14(18-5-2)19-6-3)10-7-8-11(15)12(16)9-10/h7-9,13-14,17H,4-6H2,1-3H3. The van der Waals surface area contributed by atoms with Crippen molar-refractivity contribution in [2.45, 2.75) is 33.1 Å². The zero-order chi connectivity index (χ0) is 14.3. The van der Waals surface area contributed by atoms with Crippen molar-refractivity contribution in [2.75, 3.05) is 19.8 Å². The van der Waals surface area contributed by atoms with E-state index in [1.807, 2.05) is 32.9 Å². The number of ether oxygens (including phenoxy) is 2. The Hall–Kier alpha value is -0.320. The molecule has 19 heavy (non-hydrogen) atoms. The van der Waals surface area contributed by atoms with Crippen LogP contribution in [0.4, 0.5) is 0 Å². The van der Waals surface area contributed by atoms with Crippen molar-refractivity contribution >= 4 is 23.2 Å². The van der Waals surface area contributed by atoms with Crippen LogP contribution >= 0.6 is 23.2 Å². The first-order valence-electron chi connectivity index (χ1n) is 6.55. The molecule has 1 rings (SSSR count). The van der Waals surface area contributed by atoms with Crippen LogP contribution in [0.1, 0.15) is 32.4 Å². The molecule has 108 valence electrons. The molecule has 0 amide bonds. The Morgan fingerprint density at radius 3 is 2.16 bits per heavy atom. The molecule has 0 aliphatic rings. The lowest BCUT2D eigenvalue weighted by Crippen LogP contribution is -2.36. The monoisotopic (exact) mass is 305 g/mol. The fourth-order valence-corrected chi connectivity index (χ4v) is 2.17. The predicted molar refractivity (Wildman–Crippen MR) is 79.9 cm³/mol. The van der Waals surface area contributed by atoms with Crippen molar-refractivity contribution in [3.05, 3.63) is 33.8 Å². The van der Waals surface area contributed by atoms with E-state index in [9.17, 15) is 0 Å². The summed E-state index contributed by atoms with van der Waals surface area (Å²) in [5.74, 6) is 0. The van der Waals surface area contributed by atoms with Crippen molar-refractivity contribution in [3.8, 4) is 0 Å². The first-order valence-corrected chi connectivity index (χ1v) is 7.31. The molecule has 0 heterocycles. The van der Waals surface area contributed by atoms with Gasteiger partial charge in [-0.2, -0.15) is 0 Å². The molecule has 0 spiro atoms. The van der Waals surface area contributed by atoms with Gasteiger partial charge in [0.2, 0.25) is 0 Å². The number of rotatable bonds is 8. The predicted octanol–water partition coefficient (Wildman–Crippen LogP) is 4.04. The van der Waals surface area contributed by atoms with Crippen LogP contribution in [0.3, 0.4) is 0 Å². The van der Waals surface area contributed by atoms with Gasteiger partial charge in [0, 0.05) is 13.2 Å². The van der Waals surface area contributed by atoms with Gasteiger partial charge < -0.3 is 14.8 Å². The van der Waals surface area contributed by atoms with Crippen molar-refractivity contribution in [3.63, 3.8) is 0 Å². The lowest BCUT2D eigenvalue weighted by molar-refractivity contribution is -0.155. The minimum absolute atomic E-state index is 0.0698. The third-order valence-corrected chi connectivity index (χ3v) is 3.40. The number of hydrogen-bond acceptors (Lipinski definition) is 3. The largest absolute Gasteiger partial charge is 0.351 e. The fraction of sp³-hybridized carbons (Fsp3) is 0.571. The fourth-order valence-electron chi connectivity index (χ4n) is 1.87. The summed E-state index contributed by atoms with van der Waals surface area (Å²) in [6.07, 6.45) is -0.341. The molecule has 0 radical (unpaired) electrons. The van der Waals surface area contributed by atoms with E-state index in [-0.39, 0.29) is 12.3 Å². The number of nitrogens with one attached hydrogen (secondary N) is 1. The highest BCUT2D eigenvalue weighted by molar-refractivity contribution is 6.42. The van der Waals surface area contributed by atoms with Crippen LogP contribution in [0.2, 0.25) is 10.0 Å². The molecule has 1 unspecified atom stereocenters. The second-order valence-corrected chi connectivity index (χ2v) is 4.80. The molecule has 0 fully saturated rings. The molecule has 3 nitrogen and oxygen atoms in total. The lowest BCUT2D eigenvalue weighted by atomic mass is 10.1. The van der Waals surface area contributed by atoms with Crippen LogP contribution < -0.4 is 5.32 Å². The van der Waals surface area contributed by atoms with Crippen LogP contribution in [0.15, 0.2) is 18.2 Å². The summed E-state index contributed by atoms with van der Waals surface area (Å²) in [5.41, 5.74) is 1.00. The van der Waals surface area contributed by atoms with Gasteiger partial charge in [0.25, 0.3) is 0 Å². The highest BCUT2D eigenvalue weighted by Crippen LogP contribution is 2.28. The third-order valence-electron chi connectivity index (χ3n) is 2.66. The Balaban J connectivity index is 2.98. The Kier molecular flexibility index (Phi) is 7.73. The summed E-state index contributed by atoms with van der Waals surface area (Å²) in [5, 5.41) is 4.45. The number of hydrogen-bond donors (Lipinski definition) is 1. The molecule has 1 aromatic carbocycles. The van der Waals surface area contributed by atoms with E-state index in [1.54, 1.807) is 6.07 Å². The van der Waals surface area contributed by atoms with Crippen molar-refractivity contribution < 1.29 is 9.47 Å². The molecule has 0 aliphatic carbocycles. The summed E-state index contributed by atoms with van der Waals surface area (Å²) >= 11 is 12.0. The van der Waals surface area contributed by atoms with Gasteiger partial charge in [-0.1, -0.05) is 36.2 Å². The lowest BCUT2D eigenvalue weighted by Gasteiger charge is -2.28. The van der Waals surface area contributed by atoms with E-state index in [0.717, 1.165) is 12.1 Å². The number of benzene rings is 1. The van der Waals surface area contributed by atoms with E-state index >= 15 is 0 Å². The van der Waals surface area contributed by atoms with Crippen LogP contribution in [0.5, 0.6) is 0 Å². The van der Waals surface area contributed by atoms with Crippen LogP contribution in [-0.4, -0.2) is 26.0 Å². The molecular weight excluding hydrogens is 285 g/mol. The molecule has 0 saturated heterocycles. The zero-order valence-electron chi connectivity index (χ0n) is 11.6. The SMILES string of the molecule is CCNC(c1ccc(Cl)c(Cl)c1)C(OCC)OCC. The summed E-state index contributed by atoms with van der Waals surface area (Å²) in [7, 11) is 0. The van der Waals surface area contributed by atoms with Gasteiger partial charge in [-0.15, -0.1) is 0 Å². The maximum absolute atomic E-state index is 6.08. The van der Waals surface area contributed by atoms with E-state index in [1.165, 1.54) is 0 Å². The summed E-state index contributed by atoms with van der Waals surface area (Å²) in [6, 6.07) is 5.51. The molecule has 1 atom stereocenters. The molecule has 0 saturated carbocycles. The van der Waals surface area contributed by atoms with Crippen LogP contribution in [-0.2, 0) is 9.47 Å². The Morgan fingerprint density at radius 1 is 1.05 bits per heavy atom. The highest BCUT2D eigenvalue weighted by atomic mass is 35.5. The molecule has 0 bridgehead atoms. The Labute approximate surface area is 125 Å². The zero-order valence-corrected chi connectivity index (χ0v) is 13.1. The molecule has 0 aliphatic heterocycles. The van der Waals surface area contributed by atoms with E-state index in [4.69, 9.17) is 32.7 Å². The highest BCUT2D eigenvalue weighted by Gasteiger charge is 2.23. The molecule has 5 heteroatoms. The van der Waals surface area contributed by atoms with Gasteiger partial charge in [0.1, 0.15) is 0 Å². The third kappa shape index (κ3) is 4.93. The molecular formula is C14H21Cl2NO2. The van der Waals surface area contributed by atoms with Gasteiger partial charge in [0.15, 0.2) is 6.29 Å². The topological polar surface area (TPSA) is 30.5 Å². The van der Waals surface area contributed by atoms with Crippen LogP contribution in [0.25, 0.3) is 0 Å². The van der Waals surface area contributed by atoms with Crippen molar-refractivity contribution in [1.82, 2.24) is 5.32 Å². The molecule has 0 aromatic heterocycles. The summed E-state index contributed by atoms with van der Waals surface area (Å²) in [6.45, 7) is 7.93. The van der Waals surface area contributed by atoms with E-state index < -0.39 is 0 Å². The second kappa shape index (κ2) is 8.77. The van der Waals surface area contributed by atoms with E-state index in [0.29, 0.717) is 23.3 Å². The van der Waals surface area contributed by atoms with Gasteiger partial charge in [-0.05, 0) is 38.1 Å². The number of likely N-dealkylation sites (N-methyl/N-ethyl adjacent to an activating group) is 1. The van der Waals surface area contributed by atoms with Gasteiger partial charge >= 0.3 is 0 Å².